The number of carbonyl (C=O) groups excluding carboxylic acids is 2. The molecule has 0 heterocycles. The summed E-state index contributed by atoms with van der Waals surface area (Å²) in [6.07, 6.45) is 2.38. The Morgan fingerprint density at radius 1 is 1.00 bits per heavy atom. The quantitative estimate of drug-likeness (QED) is 0.445. The van der Waals surface area contributed by atoms with Gasteiger partial charge in [-0.3, -0.25) is 9.59 Å². The lowest BCUT2D eigenvalue weighted by Gasteiger charge is -2.31. The van der Waals surface area contributed by atoms with Gasteiger partial charge in [-0.1, -0.05) is 68.4 Å². The first-order valence-corrected chi connectivity index (χ1v) is 11.7. The average molecular weight is 447 g/mol. The second-order valence-corrected chi connectivity index (χ2v) is 8.23. The van der Waals surface area contributed by atoms with Crippen LogP contribution in [0.4, 0.5) is 0 Å². The lowest BCUT2D eigenvalue weighted by atomic mass is 10.00. The minimum Gasteiger partial charge on any atom is -0.497 e. The third-order valence-electron chi connectivity index (χ3n) is 5.91. The van der Waals surface area contributed by atoms with Crippen molar-refractivity contribution in [2.24, 2.45) is 0 Å². The van der Waals surface area contributed by atoms with E-state index in [1.165, 1.54) is 10.8 Å². The Bertz CT molecular complexity index is 1070. The summed E-state index contributed by atoms with van der Waals surface area (Å²) in [6.45, 7) is 4.94. The van der Waals surface area contributed by atoms with Gasteiger partial charge < -0.3 is 15.0 Å². The summed E-state index contributed by atoms with van der Waals surface area (Å²) in [7, 11) is 1.62. The van der Waals surface area contributed by atoms with E-state index in [4.69, 9.17) is 4.74 Å². The molecule has 0 aromatic heterocycles. The molecule has 5 heteroatoms. The standard InChI is InChI=1S/C28H34N2O3/c1-4-18-29-28(32)26(5-2)30(20-21-10-8-14-24(19-21)33-3)27(31)17-16-23-13-9-12-22-11-6-7-15-25(22)23/h6-15,19,26H,4-5,16-18,20H2,1-3H3,(H,29,32). The molecule has 5 nitrogen and oxygen atoms in total. The molecule has 0 saturated carbocycles. The van der Waals surface area contributed by atoms with Crippen molar-refractivity contribution in [2.45, 2.75) is 52.1 Å². The van der Waals surface area contributed by atoms with Crippen molar-refractivity contribution in [3.8, 4) is 5.75 Å². The number of methoxy groups -OCH3 is 1. The number of nitrogens with one attached hydrogen (secondary N) is 1. The summed E-state index contributed by atoms with van der Waals surface area (Å²) >= 11 is 0. The first kappa shape index (κ1) is 24.3. The molecule has 0 bridgehead atoms. The van der Waals surface area contributed by atoms with Crippen LogP contribution in [0.3, 0.4) is 0 Å². The number of hydrogen-bond donors (Lipinski definition) is 1. The highest BCUT2D eigenvalue weighted by atomic mass is 16.5. The van der Waals surface area contributed by atoms with Crippen molar-refractivity contribution in [1.82, 2.24) is 10.2 Å². The van der Waals surface area contributed by atoms with Crippen molar-refractivity contribution < 1.29 is 14.3 Å². The number of nitrogens with zero attached hydrogens (tertiary/aromatic N) is 1. The zero-order valence-electron chi connectivity index (χ0n) is 19.8. The minimum absolute atomic E-state index is 0.0238. The molecular weight excluding hydrogens is 412 g/mol. The van der Waals surface area contributed by atoms with E-state index < -0.39 is 6.04 Å². The van der Waals surface area contributed by atoms with Crippen molar-refractivity contribution in [1.29, 1.82) is 0 Å². The van der Waals surface area contributed by atoms with Crippen LogP contribution in [-0.4, -0.2) is 36.4 Å². The molecule has 174 valence electrons. The maximum absolute atomic E-state index is 13.5. The number of fused-ring (bicyclic) bond motifs is 1. The van der Waals surface area contributed by atoms with E-state index in [9.17, 15) is 9.59 Å². The SMILES string of the molecule is CCCNC(=O)C(CC)N(Cc1cccc(OC)c1)C(=O)CCc1cccc2ccccc12. The van der Waals surface area contributed by atoms with Crippen LogP contribution in [0, 0.1) is 0 Å². The molecule has 1 unspecified atom stereocenters. The highest BCUT2D eigenvalue weighted by Gasteiger charge is 2.28. The van der Waals surface area contributed by atoms with Crippen LogP contribution < -0.4 is 10.1 Å². The second-order valence-electron chi connectivity index (χ2n) is 8.23. The van der Waals surface area contributed by atoms with Gasteiger partial charge in [0.2, 0.25) is 11.8 Å². The van der Waals surface area contributed by atoms with Gasteiger partial charge in [-0.05, 0) is 53.3 Å². The van der Waals surface area contributed by atoms with Crippen LogP contribution in [0.25, 0.3) is 10.8 Å². The Morgan fingerprint density at radius 2 is 1.76 bits per heavy atom. The van der Waals surface area contributed by atoms with Crippen molar-refractivity contribution >= 4 is 22.6 Å². The van der Waals surface area contributed by atoms with Crippen molar-refractivity contribution in [3.05, 3.63) is 77.9 Å². The Hall–Kier alpha value is -3.34. The number of amides is 2. The smallest absolute Gasteiger partial charge is 0.242 e. The van der Waals surface area contributed by atoms with Gasteiger partial charge in [0.05, 0.1) is 7.11 Å². The zero-order valence-corrected chi connectivity index (χ0v) is 19.8. The van der Waals surface area contributed by atoms with Crippen LogP contribution in [0.2, 0.25) is 0 Å². The molecule has 0 radical (unpaired) electrons. The molecule has 0 saturated heterocycles. The van der Waals surface area contributed by atoms with E-state index in [2.05, 4.69) is 29.6 Å². The van der Waals surface area contributed by atoms with Crippen LogP contribution in [0.1, 0.15) is 44.2 Å². The van der Waals surface area contributed by atoms with E-state index >= 15 is 0 Å². The first-order chi connectivity index (χ1) is 16.1. The third-order valence-corrected chi connectivity index (χ3v) is 5.91. The maximum atomic E-state index is 13.5. The Balaban J connectivity index is 1.83. The second kappa shape index (κ2) is 12.0. The summed E-state index contributed by atoms with van der Waals surface area (Å²) < 4.78 is 5.35. The summed E-state index contributed by atoms with van der Waals surface area (Å²) in [5.74, 6) is 0.615. The molecule has 0 aliphatic heterocycles. The molecule has 1 N–H and O–H groups in total. The Morgan fingerprint density at radius 3 is 2.52 bits per heavy atom. The van der Waals surface area contributed by atoms with Gasteiger partial charge in [0.15, 0.2) is 0 Å². The molecule has 0 fully saturated rings. The van der Waals surface area contributed by atoms with Crippen LogP contribution in [-0.2, 0) is 22.6 Å². The van der Waals surface area contributed by atoms with E-state index in [1.54, 1.807) is 12.0 Å². The van der Waals surface area contributed by atoms with Crippen LogP contribution in [0.15, 0.2) is 66.7 Å². The van der Waals surface area contributed by atoms with Crippen molar-refractivity contribution in [3.63, 3.8) is 0 Å². The molecule has 0 aliphatic carbocycles. The molecule has 3 rings (SSSR count). The number of ether oxygens (including phenoxy) is 1. The molecule has 0 spiro atoms. The predicted molar refractivity (Wildman–Crippen MR) is 133 cm³/mol. The monoisotopic (exact) mass is 446 g/mol. The van der Waals surface area contributed by atoms with Gasteiger partial charge in [0.25, 0.3) is 0 Å². The normalized spacial score (nSPS) is 11.7. The van der Waals surface area contributed by atoms with E-state index in [0.717, 1.165) is 23.3 Å². The van der Waals surface area contributed by atoms with Gasteiger partial charge in [-0.25, -0.2) is 0 Å². The van der Waals surface area contributed by atoms with E-state index in [-0.39, 0.29) is 11.8 Å². The number of hydrogen-bond acceptors (Lipinski definition) is 3. The summed E-state index contributed by atoms with van der Waals surface area (Å²) in [5.41, 5.74) is 2.08. The van der Waals surface area contributed by atoms with E-state index in [0.29, 0.717) is 32.4 Å². The molecule has 3 aromatic rings. The fourth-order valence-corrected chi connectivity index (χ4v) is 4.15. The summed E-state index contributed by atoms with van der Waals surface area (Å²) in [5, 5.41) is 5.30. The molecule has 2 amide bonds. The first-order valence-electron chi connectivity index (χ1n) is 11.7. The molecule has 33 heavy (non-hydrogen) atoms. The minimum atomic E-state index is -0.511. The molecule has 0 aliphatic rings. The largest absolute Gasteiger partial charge is 0.497 e. The predicted octanol–water partition coefficient (Wildman–Crippen LogP) is 5.11. The molecule has 3 aromatic carbocycles. The fraction of sp³-hybridized carbons (Fsp3) is 0.357. The van der Waals surface area contributed by atoms with Gasteiger partial charge in [-0.15, -0.1) is 0 Å². The lowest BCUT2D eigenvalue weighted by Crippen LogP contribution is -2.49. The van der Waals surface area contributed by atoms with Crippen molar-refractivity contribution in [2.75, 3.05) is 13.7 Å². The Kier molecular flexibility index (Phi) is 8.87. The van der Waals surface area contributed by atoms with Crippen LogP contribution in [0.5, 0.6) is 5.75 Å². The fourth-order valence-electron chi connectivity index (χ4n) is 4.15. The van der Waals surface area contributed by atoms with Crippen LogP contribution >= 0.6 is 0 Å². The Labute approximate surface area is 196 Å². The number of aryl methyl sites for hydroxylation is 1. The summed E-state index contributed by atoms with van der Waals surface area (Å²) in [4.78, 5) is 28.1. The topological polar surface area (TPSA) is 58.6 Å². The van der Waals surface area contributed by atoms with Gasteiger partial charge in [0.1, 0.15) is 11.8 Å². The highest BCUT2D eigenvalue weighted by molar-refractivity contribution is 5.89. The molecular formula is C28H34N2O3. The number of carbonyl (C=O) groups is 2. The zero-order chi connectivity index (χ0) is 23.6. The van der Waals surface area contributed by atoms with Gasteiger partial charge in [0, 0.05) is 19.5 Å². The highest BCUT2D eigenvalue weighted by Crippen LogP contribution is 2.22. The average Bonchev–Trinajstić information content (AvgIpc) is 2.85. The van der Waals surface area contributed by atoms with Gasteiger partial charge in [-0.2, -0.15) is 0 Å². The lowest BCUT2D eigenvalue weighted by molar-refractivity contribution is -0.141. The number of benzene rings is 3. The maximum Gasteiger partial charge on any atom is 0.242 e. The van der Waals surface area contributed by atoms with E-state index in [1.807, 2.05) is 56.3 Å². The third kappa shape index (κ3) is 6.35. The van der Waals surface area contributed by atoms with Gasteiger partial charge >= 0.3 is 0 Å². The number of rotatable bonds is 11. The molecule has 1 atom stereocenters. The summed E-state index contributed by atoms with van der Waals surface area (Å²) in [6, 6.07) is 21.6.